The van der Waals surface area contributed by atoms with E-state index >= 15 is 0 Å². The lowest BCUT2D eigenvalue weighted by Gasteiger charge is -2.23. The number of nitro benzene ring substituents is 1. The Balaban J connectivity index is 0.00000220. The van der Waals surface area contributed by atoms with Crippen molar-refractivity contribution in [2.75, 3.05) is 11.4 Å². The van der Waals surface area contributed by atoms with Crippen LogP contribution in [0.2, 0.25) is 5.02 Å². The van der Waals surface area contributed by atoms with Gasteiger partial charge in [0.2, 0.25) is 0 Å². The summed E-state index contributed by atoms with van der Waals surface area (Å²) in [7, 11) is 0. The average molecular weight is 327 g/mol. The molecule has 0 aliphatic rings. The van der Waals surface area contributed by atoms with Crippen molar-refractivity contribution >= 4 is 35.4 Å². The van der Waals surface area contributed by atoms with E-state index < -0.39 is 0 Å². The second kappa shape index (κ2) is 7.86. The Kier molecular flexibility index (Phi) is 6.46. The second-order valence-corrected chi connectivity index (χ2v) is 4.85. The number of nitrogens with zero attached hydrogens (tertiary/aromatic N) is 2. The molecule has 2 rings (SSSR count). The van der Waals surface area contributed by atoms with Crippen molar-refractivity contribution in [3.63, 3.8) is 0 Å². The third-order valence-electron chi connectivity index (χ3n) is 3.09. The zero-order valence-corrected chi connectivity index (χ0v) is 13.1. The molecule has 0 radical (unpaired) electrons. The molecular formula is C15H16Cl2N2O2. The van der Waals surface area contributed by atoms with Crippen LogP contribution in [0.5, 0.6) is 0 Å². The molecule has 4 nitrogen and oxygen atoms in total. The highest BCUT2D eigenvalue weighted by atomic mass is 35.5. The number of hydrogen-bond donors (Lipinski definition) is 0. The first-order valence-electron chi connectivity index (χ1n) is 6.34. The van der Waals surface area contributed by atoms with Crippen LogP contribution in [0.4, 0.5) is 11.4 Å². The van der Waals surface area contributed by atoms with Crippen molar-refractivity contribution in [2.24, 2.45) is 0 Å². The lowest BCUT2D eigenvalue weighted by atomic mass is 10.2. The fraction of sp³-hybridized carbons (Fsp3) is 0.200. The molecule has 0 saturated carbocycles. The van der Waals surface area contributed by atoms with Crippen molar-refractivity contribution in [2.45, 2.75) is 13.5 Å². The zero-order chi connectivity index (χ0) is 14.5. The van der Waals surface area contributed by atoms with Crippen LogP contribution in [0, 0.1) is 10.1 Å². The highest BCUT2D eigenvalue weighted by Gasteiger charge is 2.09. The molecule has 6 heteroatoms. The van der Waals surface area contributed by atoms with Gasteiger partial charge in [-0.1, -0.05) is 23.7 Å². The molecule has 0 aliphatic carbocycles. The first kappa shape index (κ1) is 17.3. The van der Waals surface area contributed by atoms with Crippen LogP contribution in [0.3, 0.4) is 0 Å². The third-order valence-corrected chi connectivity index (χ3v) is 3.35. The van der Waals surface area contributed by atoms with Crippen molar-refractivity contribution in [1.82, 2.24) is 0 Å². The molecular weight excluding hydrogens is 311 g/mol. The summed E-state index contributed by atoms with van der Waals surface area (Å²) >= 11 is 5.87. The van der Waals surface area contributed by atoms with E-state index in [4.69, 9.17) is 11.6 Å². The molecule has 2 aromatic carbocycles. The summed E-state index contributed by atoms with van der Waals surface area (Å²) in [5.41, 5.74) is 2.22. The average Bonchev–Trinajstić information content (AvgIpc) is 2.47. The third kappa shape index (κ3) is 4.62. The van der Waals surface area contributed by atoms with Gasteiger partial charge in [0, 0.05) is 35.9 Å². The van der Waals surface area contributed by atoms with Crippen LogP contribution >= 0.6 is 24.0 Å². The van der Waals surface area contributed by atoms with Crippen molar-refractivity contribution in [3.8, 4) is 0 Å². The minimum absolute atomic E-state index is 0. The van der Waals surface area contributed by atoms with Crippen LogP contribution in [0.15, 0.2) is 48.5 Å². The molecule has 2 aromatic rings. The maximum absolute atomic E-state index is 10.7. The molecule has 0 aromatic heterocycles. The van der Waals surface area contributed by atoms with Crippen LogP contribution in [0.25, 0.3) is 0 Å². The number of rotatable bonds is 5. The van der Waals surface area contributed by atoms with Gasteiger partial charge in [0.25, 0.3) is 5.69 Å². The quantitative estimate of drug-likeness (QED) is 0.591. The number of benzene rings is 2. The van der Waals surface area contributed by atoms with Crippen LogP contribution in [-0.4, -0.2) is 11.5 Å². The number of halogens is 2. The molecule has 21 heavy (non-hydrogen) atoms. The fourth-order valence-corrected chi connectivity index (χ4v) is 2.11. The van der Waals surface area contributed by atoms with Crippen LogP contribution in [0.1, 0.15) is 12.5 Å². The Bertz CT molecular complexity index is 586. The Morgan fingerprint density at radius 1 is 1.10 bits per heavy atom. The normalized spacial score (nSPS) is 9.81. The molecule has 0 amide bonds. The van der Waals surface area contributed by atoms with E-state index in [1.165, 1.54) is 12.1 Å². The van der Waals surface area contributed by atoms with Gasteiger partial charge < -0.3 is 4.90 Å². The largest absolute Gasteiger partial charge is 0.367 e. The van der Waals surface area contributed by atoms with E-state index in [0.717, 1.165) is 24.3 Å². The van der Waals surface area contributed by atoms with E-state index in [-0.39, 0.29) is 23.0 Å². The Morgan fingerprint density at radius 3 is 2.14 bits per heavy atom. The molecule has 0 aliphatic heterocycles. The molecule has 0 fully saturated rings. The molecule has 112 valence electrons. The summed E-state index contributed by atoms with van der Waals surface area (Å²) < 4.78 is 0. The van der Waals surface area contributed by atoms with Gasteiger partial charge in [0.15, 0.2) is 0 Å². The highest BCUT2D eigenvalue weighted by Crippen LogP contribution is 2.21. The molecule has 0 bridgehead atoms. The van der Waals surface area contributed by atoms with Crippen molar-refractivity contribution in [3.05, 3.63) is 69.2 Å². The number of hydrogen-bond acceptors (Lipinski definition) is 3. The van der Waals surface area contributed by atoms with Gasteiger partial charge >= 0.3 is 0 Å². The lowest BCUT2D eigenvalue weighted by molar-refractivity contribution is -0.384. The fourth-order valence-electron chi connectivity index (χ4n) is 1.98. The predicted molar refractivity (Wildman–Crippen MR) is 88.5 cm³/mol. The SMILES string of the molecule is CCN(Cc1ccc(Cl)cc1)c1ccc([N+](=O)[O-])cc1.Cl. The smallest absolute Gasteiger partial charge is 0.269 e. The highest BCUT2D eigenvalue weighted by molar-refractivity contribution is 6.30. The number of nitro groups is 1. The summed E-state index contributed by atoms with van der Waals surface area (Å²) in [6.45, 7) is 3.61. The van der Waals surface area contributed by atoms with E-state index in [1.807, 2.05) is 24.3 Å². The van der Waals surface area contributed by atoms with Crippen molar-refractivity contribution in [1.29, 1.82) is 0 Å². The van der Waals surface area contributed by atoms with E-state index in [0.29, 0.717) is 5.02 Å². The number of anilines is 1. The van der Waals surface area contributed by atoms with E-state index in [1.54, 1.807) is 12.1 Å². The molecule has 0 N–H and O–H groups in total. The van der Waals surface area contributed by atoms with Crippen LogP contribution < -0.4 is 4.90 Å². The molecule has 0 saturated heterocycles. The Morgan fingerprint density at radius 2 is 1.67 bits per heavy atom. The summed E-state index contributed by atoms with van der Waals surface area (Å²) in [5, 5.41) is 11.4. The maximum Gasteiger partial charge on any atom is 0.269 e. The Hall–Kier alpha value is -1.78. The monoisotopic (exact) mass is 326 g/mol. The first-order valence-corrected chi connectivity index (χ1v) is 6.72. The molecule has 0 atom stereocenters. The summed E-state index contributed by atoms with van der Waals surface area (Å²) in [6.07, 6.45) is 0. The minimum atomic E-state index is -0.390. The topological polar surface area (TPSA) is 46.4 Å². The zero-order valence-electron chi connectivity index (χ0n) is 11.5. The summed E-state index contributed by atoms with van der Waals surface area (Å²) in [4.78, 5) is 12.4. The summed E-state index contributed by atoms with van der Waals surface area (Å²) in [6, 6.07) is 14.3. The first-order chi connectivity index (χ1) is 9.60. The predicted octanol–water partition coefficient (Wildman–Crippen LogP) is 4.70. The second-order valence-electron chi connectivity index (χ2n) is 4.41. The standard InChI is InChI=1S/C15H15ClN2O2.ClH/c1-2-17(11-12-3-5-13(16)6-4-12)14-7-9-15(10-8-14)18(19)20;/h3-10H,2,11H2,1H3;1H. The van der Waals surface area contributed by atoms with E-state index in [9.17, 15) is 10.1 Å². The van der Waals surface area contributed by atoms with Crippen molar-refractivity contribution < 1.29 is 4.92 Å². The molecule has 0 spiro atoms. The van der Waals surface area contributed by atoms with Gasteiger partial charge in [-0.2, -0.15) is 0 Å². The Labute approximate surface area is 134 Å². The minimum Gasteiger partial charge on any atom is -0.367 e. The van der Waals surface area contributed by atoms with E-state index in [2.05, 4.69) is 11.8 Å². The lowest BCUT2D eigenvalue weighted by Crippen LogP contribution is -2.21. The van der Waals surface area contributed by atoms with Gasteiger partial charge in [-0.15, -0.1) is 12.4 Å². The maximum atomic E-state index is 10.7. The summed E-state index contributed by atoms with van der Waals surface area (Å²) in [5.74, 6) is 0. The molecule has 0 unspecified atom stereocenters. The van der Waals surface area contributed by atoms with Gasteiger partial charge in [0.05, 0.1) is 4.92 Å². The molecule has 0 heterocycles. The van der Waals surface area contributed by atoms with Gasteiger partial charge in [-0.3, -0.25) is 10.1 Å². The van der Waals surface area contributed by atoms with Gasteiger partial charge in [-0.25, -0.2) is 0 Å². The van der Waals surface area contributed by atoms with Crippen LogP contribution in [-0.2, 0) is 6.54 Å². The number of non-ortho nitro benzene ring substituents is 1. The van der Waals surface area contributed by atoms with Gasteiger partial charge in [0.1, 0.15) is 0 Å². The van der Waals surface area contributed by atoms with Gasteiger partial charge in [-0.05, 0) is 36.8 Å².